The summed E-state index contributed by atoms with van der Waals surface area (Å²) in [6, 6.07) is 17.9. The number of hydrogen-bond acceptors (Lipinski definition) is 5. The van der Waals surface area contributed by atoms with Gasteiger partial charge < -0.3 is 10.1 Å². The van der Waals surface area contributed by atoms with E-state index in [-0.39, 0.29) is 5.91 Å². The van der Waals surface area contributed by atoms with Crippen LogP contribution in [0.1, 0.15) is 29.8 Å². The molecule has 0 aliphatic carbocycles. The fourth-order valence-corrected chi connectivity index (χ4v) is 3.00. The van der Waals surface area contributed by atoms with Crippen molar-refractivity contribution in [2.75, 3.05) is 11.9 Å². The lowest BCUT2D eigenvalue weighted by atomic mass is 10.1. The zero-order valence-corrected chi connectivity index (χ0v) is 15.5. The lowest BCUT2D eigenvalue weighted by Gasteiger charge is -2.06. The van der Waals surface area contributed by atoms with E-state index in [1.165, 1.54) is 17.1 Å². The Labute approximate surface area is 157 Å². The smallest absolute Gasteiger partial charge is 0.226 e. The minimum absolute atomic E-state index is 0.0695. The molecule has 3 aromatic rings. The summed E-state index contributed by atoms with van der Waals surface area (Å²) < 4.78 is 9.93. The fraction of sp³-hybridized carbons (Fsp3) is 0.250. The lowest BCUT2D eigenvalue weighted by Crippen LogP contribution is -2.12. The third kappa shape index (κ3) is 5.67. The molecule has 26 heavy (non-hydrogen) atoms. The molecule has 0 radical (unpaired) electrons. The number of benzene rings is 2. The Bertz CT molecular complexity index is 832. The molecular weight excluding hydrogens is 346 g/mol. The van der Waals surface area contributed by atoms with Crippen LogP contribution in [0.5, 0.6) is 5.75 Å². The molecule has 1 heterocycles. The fourth-order valence-electron chi connectivity index (χ4n) is 2.39. The number of carbonyl (C=O) groups excluding carboxylic acids is 1. The predicted octanol–water partition coefficient (Wildman–Crippen LogP) is 4.24. The molecule has 0 aliphatic heterocycles. The number of anilines is 1. The average Bonchev–Trinajstić information content (AvgIpc) is 3.08. The standard InChI is InChI=1S/C20H21N3O2S/c1-15-9-11-17(12-10-15)25-13-5-8-19(24)22-20-21-18(23-26-20)14-16-6-3-2-4-7-16/h2-4,6-7,9-12H,5,8,13-14H2,1H3,(H,21,22,23,24). The van der Waals surface area contributed by atoms with E-state index in [1.807, 2.05) is 61.5 Å². The van der Waals surface area contributed by atoms with Crippen molar-refractivity contribution >= 4 is 22.6 Å². The van der Waals surface area contributed by atoms with Crippen LogP contribution in [-0.4, -0.2) is 21.9 Å². The summed E-state index contributed by atoms with van der Waals surface area (Å²) in [7, 11) is 0. The van der Waals surface area contributed by atoms with Crippen LogP contribution in [0.3, 0.4) is 0 Å². The molecule has 0 aliphatic rings. The van der Waals surface area contributed by atoms with Crippen LogP contribution in [0.2, 0.25) is 0 Å². The van der Waals surface area contributed by atoms with Gasteiger partial charge in [0.05, 0.1) is 6.61 Å². The van der Waals surface area contributed by atoms with Crippen LogP contribution in [0.15, 0.2) is 54.6 Å². The summed E-state index contributed by atoms with van der Waals surface area (Å²) in [6.45, 7) is 2.54. The molecule has 0 bridgehead atoms. The maximum Gasteiger partial charge on any atom is 0.226 e. The number of aryl methyl sites for hydroxylation is 1. The molecule has 0 atom stereocenters. The summed E-state index contributed by atoms with van der Waals surface area (Å²) in [4.78, 5) is 16.4. The monoisotopic (exact) mass is 367 g/mol. The Morgan fingerprint density at radius 2 is 1.88 bits per heavy atom. The zero-order chi connectivity index (χ0) is 18.2. The number of carbonyl (C=O) groups is 1. The molecule has 0 saturated carbocycles. The molecule has 0 saturated heterocycles. The largest absolute Gasteiger partial charge is 0.494 e. The van der Waals surface area contributed by atoms with Crippen molar-refractivity contribution in [3.05, 3.63) is 71.5 Å². The number of rotatable bonds is 8. The first-order valence-corrected chi connectivity index (χ1v) is 9.32. The second-order valence-corrected chi connectivity index (χ2v) is 6.74. The molecular formula is C20H21N3O2S. The molecule has 2 aromatic carbocycles. The Hall–Kier alpha value is -2.73. The van der Waals surface area contributed by atoms with E-state index >= 15 is 0 Å². The van der Waals surface area contributed by atoms with Crippen LogP contribution in [0.4, 0.5) is 5.13 Å². The lowest BCUT2D eigenvalue weighted by molar-refractivity contribution is -0.116. The van der Waals surface area contributed by atoms with E-state index in [4.69, 9.17) is 4.74 Å². The number of nitrogens with one attached hydrogen (secondary N) is 1. The molecule has 3 rings (SSSR count). The summed E-state index contributed by atoms with van der Waals surface area (Å²) in [5.74, 6) is 1.48. The predicted molar refractivity (Wildman–Crippen MR) is 104 cm³/mol. The summed E-state index contributed by atoms with van der Waals surface area (Å²) in [6.07, 6.45) is 1.70. The molecule has 1 N–H and O–H groups in total. The molecule has 0 unspecified atom stereocenters. The van der Waals surface area contributed by atoms with E-state index in [9.17, 15) is 4.79 Å². The number of nitrogens with zero attached hydrogens (tertiary/aromatic N) is 2. The number of hydrogen-bond donors (Lipinski definition) is 1. The van der Waals surface area contributed by atoms with Gasteiger partial charge in [-0.25, -0.2) is 4.98 Å². The molecule has 6 heteroatoms. The summed E-state index contributed by atoms with van der Waals surface area (Å²) >= 11 is 1.21. The Kier molecular flexibility index (Phi) is 6.33. The Morgan fingerprint density at radius 3 is 2.65 bits per heavy atom. The Morgan fingerprint density at radius 1 is 1.12 bits per heavy atom. The topological polar surface area (TPSA) is 64.1 Å². The first-order valence-electron chi connectivity index (χ1n) is 8.55. The van der Waals surface area contributed by atoms with Crippen molar-refractivity contribution in [3.8, 4) is 5.75 Å². The number of aromatic nitrogens is 2. The van der Waals surface area contributed by atoms with Gasteiger partial charge in [-0.15, -0.1) is 0 Å². The summed E-state index contributed by atoms with van der Waals surface area (Å²) in [5.41, 5.74) is 2.34. The van der Waals surface area contributed by atoms with E-state index in [1.54, 1.807) is 0 Å². The van der Waals surface area contributed by atoms with Crippen LogP contribution >= 0.6 is 11.5 Å². The second-order valence-electron chi connectivity index (χ2n) is 5.99. The average molecular weight is 367 g/mol. The van der Waals surface area contributed by atoms with Crippen molar-refractivity contribution in [1.29, 1.82) is 0 Å². The second kappa shape index (κ2) is 9.10. The van der Waals surface area contributed by atoms with E-state index in [0.717, 1.165) is 17.1 Å². The van der Waals surface area contributed by atoms with Gasteiger partial charge in [0.25, 0.3) is 0 Å². The maximum absolute atomic E-state index is 12.0. The molecule has 0 fully saturated rings. The normalized spacial score (nSPS) is 10.5. The summed E-state index contributed by atoms with van der Waals surface area (Å²) in [5, 5.41) is 3.35. The first-order chi connectivity index (χ1) is 12.7. The van der Waals surface area contributed by atoms with Gasteiger partial charge in [-0.1, -0.05) is 48.0 Å². The minimum atomic E-state index is -0.0695. The van der Waals surface area contributed by atoms with Crippen LogP contribution in [-0.2, 0) is 11.2 Å². The highest BCUT2D eigenvalue weighted by Crippen LogP contribution is 2.15. The molecule has 134 valence electrons. The van der Waals surface area contributed by atoms with Crippen LogP contribution < -0.4 is 10.1 Å². The van der Waals surface area contributed by atoms with Gasteiger partial charge in [0, 0.05) is 24.4 Å². The molecule has 1 aromatic heterocycles. The van der Waals surface area contributed by atoms with Crippen molar-refractivity contribution in [1.82, 2.24) is 9.36 Å². The van der Waals surface area contributed by atoms with Crippen molar-refractivity contribution in [2.24, 2.45) is 0 Å². The van der Waals surface area contributed by atoms with Crippen molar-refractivity contribution in [2.45, 2.75) is 26.2 Å². The van der Waals surface area contributed by atoms with E-state index in [0.29, 0.717) is 31.0 Å². The van der Waals surface area contributed by atoms with Gasteiger partial charge in [0.2, 0.25) is 11.0 Å². The van der Waals surface area contributed by atoms with Crippen molar-refractivity contribution in [3.63, 3.8) is 0 Å². The van der Waals surface area contributed by atoms with E-state index < -0.39 is 0 Å². The molecule has 1 amide bonds. The van der Waals surface area contributed by atoms with Gasteiger partial charge in [0.1, 0.15) is 11.6 Å². The van der Waals surface area contributed by atoms with Crippen LogP contribution in [0.25, 0.3) is 0 Å². The minimum Gasteiger partial charge on any atom is -0.494 e. The molecule has 5 nitrogen and oxygen atoms in total. The van der Waals surface area contributed by atoms with Gasteiger partial charge in [-0.05, 0) is 31.0 Å². The Balaban J connectivity index is 1.39. The third-order valence-corrected chi connectivity index (χ3v) is 4.43. The highest BCUT2D eigenvalue weighted by Gasteiger charge is 2.08. The van der Waals surface area contributed by atoms with Gasteiger partial charge >= 0.3 is 0 Å². The maximum atomic E-state index is 12.0. The van der Waals surface area contributed by atoms with Gasteiger partial charge in [-0.2, -0.15) is 4.37 Å². The quantitative estimate of drug-likeness (QED) is 0.605. The van der Waals surface area contributed by atoms with E-state index in [2.05, 4.69) is 14.7 Å². The zero-order valence-electron chi connectivity index (χ0n) is 14.6. The van der Waals surface area contributed by atoms with Crippen molar-refractivity contribution < 1.29 is 9.53 Å². The number of amides is 1. The molecule has 0 spiro atoms. The first kappa shape index (κ1) is 18.1. The SMILES string of the molecule is Cc1ccc(OCCCC(=O)Nc2nc(Cc3ccccc3)ns2)cc1. The number of ether oxygens (including phenoxy) is 1. The van der Waals surface area contributed by atoms with Gasteiger partial charge in [0.15, 0.2) is 0 Å². The highest BCUT2D eigenvalue weighted by molar-refractivity contribution is 7.09. The van der Waals surface area contributed by atoms with Crippen LogP contribution in [0, 0.1) is 6.92 Å². The van der Waals surface area contributed by atoms with Gasteiger partial charge in [-0.3, -0.25) is 4.79 Å². The highest BCUT2D eigenvalue weighted by atomic mass is 32.1. The third-order valence-electron chi connectivity index (χ3n) is 3.76.